The molecule has 0 unspecified atom stereocenters. The van der Waals surface area contributed by atoms with Crippen molar-refractivity contribution in [3.05, 3.63) is 62.7 Å². The van der Waals surface area contributed by atoms with Crippen molar-refractivity contribution in [1.82, 2.24) is 15.0 Å². The van der Waals surface area contributed by atoms with Crippen LogP contribution >= 0.6 is 23.4 Å². The van der Waals surface area contributed by atoms with Gasteiger partial charge in [0.1, 0.15) is 5.15 Å². The second-order valence-corrected chi connectivity index (χ2v) is 6.44. The summed E-state index contributed by atoms with van der Waals surface area (Å²) in [5.41, 5.74) is 3.52. The van der Waals surface area contributed by atoms with Crippen LogP contribution in [0.2, 0.25) is 5.15 Å². The third kappa shape index (κ3) is 3.31. The van der Waals surface area contributed by atoms with Gasteiger partial charge in [-0.1, -0.05) is 35.5 Å². The van der Waals surface area contributed by atoms with E-state index in [4.69, 9.17) is 11.6 Å². The normalized spacial score (nSPS) is 11.0. The van der Waals surface area contributed by atoms with Crippen molar-refractivity contribution in [2.45, 2.75) is 24.8 Å². The maximum Gasteiger partial charge on any atom is 0.251 e. The van der Waals surface area contributed by atoms with Crippen LogP contribution in [-0.2, 0) is 5.75 Å². The van der Waals surface area contributed by atoms with Crippen molar-refractivity contribution >= 4 is 34.3 Å². The molecule has 0 aliphatic carbocycles. The second-order valence-electron chi connectivity index (χ2n) is 5.12. The van der Waals surface area contributed by atoms with Gasteiger partial charge in [0.25, 0.3) is 5.56 Å². The second kappa shape index (κ2) is 6.10. The zero-order chi connectivity index (χ0) is 15.7. The summed E-state index contributed by atoms with van der Waals surface area (Å²) in [5, 5.41) is 2.13. The third-order valence-electron chi connectivity index (χ3n) is 3.21. The fourth-order valence-electron chi connectivity index (χ4n) is 2.16. The molecule has 0 fully saturated rings. The van der Waals surface area contributed by atoms with Crippen LogP contribution < -0.4 is 5.56 Å². The largest absolute Gasteiger partial charge is 0.301 e. The lowest BCUT2D eigenvalue weighted by molar-refractivity contribution is 0.905. The molecule has 22 heavy (non-hydrogen) atoms. The third-order valence-corrected chi connectivity index (χ3v) is 4.46. The predicted molar refractivity (Wildman–Crippen MR) is 90.6 cm³/mol. The molecule has 6 heteroatoms. The SMILES string of the molecule is Cc1ccc2cc(CSc3nc(C)cc(=O)[nH]3)c(Cl)nc2c1. The van der Waals surface area contributed by atoms with E-state index in [0.717, 1.165) is 22.0 Å². The van der Waals surface area contributed by atoms with Gasteiger partial charge in [-0.05, 0) is 31.5 Å². The summed E-state index contributed by atoms with van der Waals surface area (Å²) in [6.45, 7) is 3.82. The molecule has 3 rings (SSSR count). The number of hydrogen-bond acceptors (Lipinski definition) is 4. The lowest BCUT2D eigenvalue weighted by Gasteiger charge is -2.07. The fraction of sp³-hybridized carbons (Fsp3) is 0.188. The lowest BCUT2D eigenvalue weighted by atomic mass is 10.1. The number of nitrogens with one attached hydrogen (secondary N) is 1. The Labute approximate surface area is 137 Å². The highest BCUT2D eigenvalue weighted by Gasteiger charge is 2.07. The molecule has 1 N–H and O–H groups in total. The molecule has 4 nitrogen and oxygen atoms in total. The summed E-state index contributed by atoms with van der Waals surface area (Å²) in [7, 11) is 0. The van der Waals surface area contributed by atoms with Gasteiger partial charge in [0.05, 0.1) is 5.52 Å². The molecule has 3 aromatic rings. The average molecular weight is 332 g/mol. The summed E-state index contributed by atoms with van der Waals surface area (Å²) in [6, 6.07) is 9.60. The zero-order valence-corrected chi connectivity index (χ0v) is 13.8. The van der Waals surface area contributed by atoms with Crippen molar-refractivity contribution in [2.24, 2.45) is 0 Å². The number of nitrogens with zero attached hydrogens (tertiary/aromatic N) is 2. The van der Waals surface area contributed by atoms with Crippen molar-refractivity contribution < 1.29 is 0 Å². The molecule has 112 valence electrons. The van der Waals surface area contributed by atoms with Crippen molar-refractivity contribution in [2.75, 3.05) is 0 Å². The molecule has 0 aliphatic heterocycles. The van der Waals surface area contributed by atoms with Gasteiger partial charge in [-0.2, -0.15) is 0 Å². The van der Waals surface area contributed by atoms with Gasteiger partial charge < -0.3 is 4.98 Å². The topological polar surface area (TPSA) is 58.6 Å². The highest BCUT2D eigenvalue weighted by molar-refractivity contribution is 7.98. The van der Waals surface area contributed by atoms with E-state index in [1.165, 1.54) is 17.8 Å². The Hall–Kier alpha value is -1.85. The Morgan fingerprint density at radius 1 is 1.18 bits per heavy atom. The van der Waals surface area contributed by atoms with Crippen LogP contribution in [0.1, 0.15) is 16.8 Å². The summed E-state index contributed by atoms with van der Waals surface area (Å²) in [6.07, 6.45) is 0. The molecule has 2 heterocycles. The Bertz CT molecular complexity index is 908. The minimum Gasteiger partial charge on any atom is -0.301 e. The van der Waals surface area contributed by atoms with E-state index in [9.17, 15) is 4.79 Å². The van der Waals surface area contributed by atoms with E-state index in [-0.39, 0.29) is 5.56 Å². The number of benzene rings is 1. The highest BCUT2D eigenvalue weighted by atomic mass is 35.5. The smallest absolute Gasteiger partial charge is 0.251 e. The number of H-pyrrole nitrogens is 1. The van der Waals surface area contributed by atoms with Gasteiger partial charge in [0.2, 0.25) is 0 Å². The van der Waals surface area contributed by atoms with E-state index in [1.54, 1.807) is 6.92 Å². The molecular formula is C16H14ClN3OS. The fourth-order valence-corrected chi connectivity index (χ4v) is 3.35. The van der Waals surface area contributed by atoms with Crippen molar-refractivity contribution in [3.8, 4) is 0 Å². The minimum atomic E-state index is -0.145. The molecule has 0 amide bonds. The van der Waals surface area contributed by atoms with E-state index >= 15 is 0 Å². The molecule has 1 aromatic carbocycles. The maximum absolute atomic E-state index is 11.4. The van der Waals surface area contributed by atoms with Gasteiger partial charge in [-0.25, -0.2) is 9.97 Å². The number of halogens is 1. The van der Waals surface area contributed by atoms with Crippen LogP contribution in [0.3, 0.4) is 0 Å². The quantitative estimate of drug-likeness (QED) is 0.449. The van der Waals surface area contributed by atoms with Gasteiger partial charge in [0, 0.05) is 28.5 Å². The molecule has 0 atom stereocenters. The number of aryl methyl sites for hydroxylation is 2. The van der Waals surface area contributed by atoms with Crippen LogP contribution in [0.25, 0.3) is 10.9 Å². The Morgan fingerprint density at radius 3 is 2.77 bits per heavy atom. The van der Waals surface area contributed by atoms with Crippen LogP contribution in [0.4, 0.5) is 0 Å². The molecule has 0 radical (unpaired) electrons. The minimum absolute atomic E-state index is 0.145. The summed E-state index contributed by atoms with van der Waals surface area (Å²) < 4.78 is 0. The van der Waals surface area contributed by atoms with Crippen LogP contribution in [0.15, 0.2) is 40.3 Å². The Morgan fingerprint density at radius 2 is 2.00 bits per heavy atom. The first-order valence-corrected chi connectivity index (χ1v) is 8.14. The first-order chi connectivity index (χ1) is 10.5. The zero-order valence-electron chi connectivity index (χ0n) is 12.2. The van der Waals surface area contributed by atoms with Gasteiger partial charge in [-0.3, -0.25) is 4.79 Å². The van der Waals surface area contributed by atoms with Gasteiger partial charge in [0.15, 0.2) is 5.16 Å². The summed E-state index contributed by atoms with van der Waals surface area (Å²) >= 11 is 7.70. The van der Waals surface area contributed by atoms with Crippen LogP contribution in [-0.4, -0.2) is 15.0 Å². The number of aromatic amines is 1. The molecule has 0 saturated heterocycles. The monoisotopic (exact) mass is 331 g/mol. The van der Waals surface area contributed by atoms with Crippen LogP contribution in [0, 0.1) is 13.8 Å². The first-order valence-electron chi connectivity index (χ1n) is 6.78. The van der Waals surface area contributed by atoms with Crippen molar-refractivity contribution in [3.63, 3.8) is 0 Å². The number of fused-ring (bicyclic) bond motifs is 1. The predicted octanol–water partition coefficient (Wildman–Crippen LogP) is 3.88. The Kier molecular flexibility index (Phi) is 4.18. The average Bonchev–Trinajstić information content (AvgIpc) is 2.44. The number of rotatable bonds is 3. The number of pyridine rings is 1. The molecule has 0 saturated carbocycles. The van der Waals surface area contributed by atoms with Gasteiger partial charge >= 0.3 is 0 Å². The summed E-state index contributed by atoms with van der Waals surface area (Å²) in [4.78, 5) is 22.9. The Balaban J connectivity index is 1.88. The number of thioether (sulfide) groups is 1. The molecule has 0 bridgehead atoms. The van der Waals surface area contributed by atoms with Crippen LogP contribution in [0.5, 0.6) is 0 Å². The maximum atomic E-state index is 11.4. The van der Waals surface area contributed by atoms with E-state index < -0.39 is 0 Å². The van der Waals surface area contributed by atoms with E-state index in [0.29, 0.717) is 21.8 Å². The van der Waals surface area contributed by atoms with Crippen molar-refractivity contribution in [1.29, 1.82) is 0 Å². The number of hydrogen-bond donors (Lipinski definition) is 1. The lowest BCUT2D eigenvalue weighted by Crippen LogP contribution is -2.08. The van der Waals surface area contributed by atoms with E-state index in [2.05, 4.69) is 21.0 Å². The summed E-state index contributed by atoms with van der Waals surface area (Å²) in [5.74, 6) is 0.599. The van der Waals surface area contributed by atoms with Gasteiger partial charge in [-0.15, -0.1) is 0 Å². The molecule has 0 aliphatic rings. The van der Waals surface area contributed by atoms with E-state index in [1.807, 2.05) is 25.1 Å². The highest BCUT2D eigenvalue weighted by Crippen LogP contribution is 2.26. The molecule has 2 aromatic heterocycles. The number of aromatic nitrogens is 3. The molecule has 0 spiro atoms. The first kappa shape index (κ1) is 15.1. The molecular weight excluding hydrogens is 318 g/mol. The standard InChI is InChI=1S/C16H14ClN3OS/c1-9-3-4-11-7-12(15(17)19-13(11)5-9)8-22-16-18-10(2)6-14(21)20-16/h3-7H,8H2,1-2H3,(H,18,20,21).